The van der Waals surface area contributed by atoms with Crippen LogP contribution in [0.4, 0.5) is 0 Å². The van der Waals surface area contributed by atoms with Gasteiger partial charge in [0.1, 0.15) is 11.5 Å². The first-order valence-corrected chi connectivity index (χ1v) is 5.01. The van der Waals surface area contributed by atoms with Gasteiger partial charge in [-0.3, -0.25) is 0 Å². The molecule has 14 heavy (non-hydrogen) atoms. The maximum Gasteiger partial charge on any atom is 0.126 e. The molecule has 0 saturated carbocycles. The van der Waals surface area contributed by atoms with E-state index in [4.69, 9.17) is 4.74 Å². The maximum atomic E-state index is 9.69. The first kappa shape index (κ1) is 10.9. The Labute approximate surface area is 85.5 Å². The lowest BCUT2D eigenvalue weighted by molar-refractivity contribution is 0.238. The van der Waals surface area contributed by atoms with Crippen molar-refractivity contribution in [3.8, 4) is 11.5 Å². The van der Waals surface area contributed by atoms with Crippen LogP contribution in [0.25, 0.3) is 0 Å². The van der Waals surface area contributed by atoms with E-state index in [0.29, 0.717) is 5.75 Å². The van der Waals surface area contributed by atoms with Gasteiger partial charge in [-0.15, -0.1) is 0 Å². The minimum atomic E-state index is 0.134. The third kappa shape index (κ3) is 2.41. The Morgan fingerprint density at radius 1 is 1.14 bits per heavy atom. The standard InChI is InChI=1S/C12H18O2/c1-8(2)12-10(13)6-5-7-11(12)14-9(3)4/h5-9,13H,1-4H3. The van der Waals surface area contributed by atoms with Gasteiger partial charge in [0, 0.05) is 5.56 Å². The molecule has 0 amide bonds. The third-order valence-corrected chi connectivity index (χ3v) is 1.98. The van der Waals surface area contributed by atoms with Gasteiger partial charge in [-0.05, 0) is 31.9 Å². The van der Waals surface area contributed by atoms with Crippen LogP contribution in [-0.2, 0) is 0 Å². The van der Waals surface area contributed by atoms with Crippen LogP contribution in [0.15, 0.2) is 18.2 Å². The number of hydrogen-bond acceptors (Lipinski definition) is 2. The Balaban J connectivity index is 3.08. The maximum absolute atomic E-state index is 9.69. The van der Waals surface area contributed by atoms with Crippen molar-refractivity contribution >= 4 is 0 Å². The monoisotopic (exact) mass is 194 g/mol. The lowest BCUT2D eigenvalue weighted by atomic mass is 10.0. The molecule has 1 N–H and O–H groups in total. The molecule has 78 valence electrons. The molecule has 1 rings (SSSR count). The smallest absolute Gasteiger partial charge is 0.126 e. The summed E-state index contributed by atoms with van der Waals surface area (Å²) in [6.07, 6.45) is 0.134. The molecule has 0 saturated heterocycles. The van der Waals surface area contributed by atoms with E-state index in [0.717, 1.165) is 11.3 Å². The Hall–Kier alpha value is -1.18. The summed E-state index contributed by atoms with van der Waals surface area (Å²) in [5.41, 5.74) is 0.890. The highest BCUT2D eigenvalue weighted by Crippen LogP contribution is 2.34. The predicted molar refractivity (Wildman–Crippen MR) is 58.0 cm³/mol. The van der Waals surface area contributed by atoms with E-state index in [1.807, 2.05) is 33.8 Å². The second-order valence-corrected chi connectivity index (χ2v) is 4.01. The number of phenols is 1. The number of phenolic OH excluding ortho intramolecular Hbond substituents is 1. The normalized spacial score (nSPS) is 11.0. The van der Waals surface area contributed by atoms with Crippen LogP contribution in [0.1, 0.15) is 39.2 Å². The van der Waals surface area contributed by atoms with Crippen molar-refractivity contribution in [1.82, 2.24) is 0 Å². The van der Waals surface area contributed by atoms with E-state index in [2.05, 4.69) is 0 Å². The highest BCUT2D eigenvalue weighted by Gasteiger charge is 2.13. The zero-order valence-corrected chi connectivity index (χ0v) is 9.24. The SMILES string of the molecule is CC(C)Oc1cccc(O)c1C(C)C. The van der Waals surface area contributed by atoms with Crippen LogP contribution in [0.3, 0.4) is 0 Å². The van der Waals surface area contributed by atoms with Gasteiger partial charge < -0.3 is 9.84 Å². The molecular formula is C12H18O2. The number of hydrogen-bond donors (Lipinski definition) is 1. The zero-order valence-electron chi connectivity index (χ0n) is 9.24. The molecule has 0 aliphatic heterocycles. The van der Waals surface area contributed by atoms with Crippen molar-refractivity contribution in [2.45, 2.75) is 39.7 Å². The molecule has 0 aromatic heterocycles. The topological polar surface area (TPSA) is 29.5 Å². The molecule has 0 aliphatic rings. The minimum Gasteiger partial charge on any atom is -0.508 e. The number of aromatic hydroxyl groups is 1. The molecule has 0 radical (unpaired) electrons. The largest absolute Gasteiger partial charge is 0.508 e. The van der Waals surface area contributed by atoms with Crippen molar-refractivity contribution in [2.24, 2.45) is 0 Å². The quantitative estimate of drug-likeness (QED) is 0.800. The van der Waals surface area contributed by atoms with Gasteiger partial charge >= 0.3 is 0 Å². The van der Waals surface area contributed by atoms with E-state index in [1.165, 1.54) is 0 Å². The summed E-state index contributed by atoms with van der Waals surface area (Å²) in [4.78, 5) is 0. The summed E-state index contributed by atoms with van der Waals surface area (Å²) in [5, 5.41) is 9.69. The number of rotatable bonds is 3. The average Bonchev–Trinajstić information content (AvgIpc) is 2.01. The summed E-state index contributed by atoms with van der Waals surface area (Å²) < 4.78 is 5.63. The number of benzene rings is 1. The molecule has 0 atom stereocenters. The first-order valence-electron chi connectivity index (χ1n) is 5.01. The van der Waals surface area contributed by atoms with Crippen molar-refractivity contribution in [3.63, 3.8) is 0 Å². The third-order valence-electron chi connectivity index (χ3n) is 1.98. The van der Waals surface area contributed by atoms with Gasteiger partial charge in [0.25, 0.3) is 0 Å². The van der Waals surface area contributed by atoms with Gasteiger partial charge in [0.05, 0.1) is 6.10 Å². The summed E-state index contributed by atoms with van der Waals surface area (Å²) in [5.74, 6) is 1.37. The molecule has 0 unspecified atom stereocenters. The highest BCUT2D eigenvalue weighted by molar-refractivity contribution is 5.45. The summed E-state index contributed by atoms with van der Waals surface area (Å²) >= 11 is 0. The summed E-state index contributed by atoms with van der Waals surface area (Å²) in [7, 11) is 0. The van der Waals surface area contributed by atoms with Crippen LogP contribution < -0.4 is 4.74 Å². The van der Waals surface area contributed by atoms with E-state index >= 15 is 0 Å². The molecule has 0 aliphatic carbocycles. The summed E-state index contributed by atoms with van der Waals surface area (Å²) in [6.45, 7) is 8.05. The Bertz CT molecular complexity index is 303. The highest BCUT2D eigenvalue weighted by atomic mass is 16.5. The second kappa shape index (κ2) is 4.36. The van der Waals surface area contributed by atoms with Crippen molar-refractivity contribution in [3.05, 3.63) is 23.8 Å². The van der Waals surface area contributed by atoms with E-state index in [1.54, 1.807) is 12.1 Å². The Morgan fingerprint density at radius 3 is 2.29 bits per heavy atom. The lowest BCUT2D eigenvalue weighted by Gasteiger charge is -2.17. The van der Waals surface area contributed by atoms with Crippen LogP contribution >= 0.6 is 0 Å². The fourth-order valence-corrected chi connectivity index (χ4v) is 1.47. The fourth-order valence-electron chi connectivity index (χ4n) is 1.47. The van der Waals surface area contributed by atoms with Crippen LogP contribution in [-0.4, -0.2) is 11.2 Å². The first-order chi connectivity index (χ1) is 6.52. The van der Waals surface area contributed by atoms with Crippen LogP contribution in [0, 0.1) is 0 Å². The van der Waals surface area contributed by atoms with Gasteiger partial charge in [0.15, 0.2) is 0 Å². The van der Waals surface area contributed by atoms with Crippen molar-refractivity contribution in [2.75, 3.05) is 0 Å². The van der Waals surface area contributed by atoms with E-state index < -0.39 is 0 Å². The molecule has 1 aromatic carbocycles. The lowest BCUT2D eigenvalue weighted by Crippen LogP contribution is -2.08. The van der Waals surface area contributed by atoms with Crippen molar-refractivity contribution < 1.29 is 9.84 Å². The van der Waals surface area contributed by atoms with Gasteiger partial charge in [-0.25, -0.2) is 0 Å². The van der Waals surface area contributed by atoms with Crippen molar-refractivity contribution in [1.29, 1.82) is 0 Å². The van der Waals surface area contributed by atoms with Gasteiger partial charge in [-0.1, -0.05) is 19.9 Å². The zero-order chi connectivity index (χ0) is 10.7. The molecule has 2 heteroatoms. The van der Waals surface area contributed by atoms with Gasteiger partial charge in [0.2, 0.25) is 0 Å². The molecule has 1 aromatic rings. The summed E-state index contributed by atoms with van der Waals surface area (Å²) in [6, 6.07) is 5.40. The Kier molecular flexibility index (Phi) is 3.39. The van der Waals surface area contributed by atoms with E-state index in [-0.39, 0.29) is 12.0 Å². The number of ether oxygens (including phenoxy) is 1. The molecule has 2 nitrogen and oxygen atoms in total. The van der Waals surface area contributed by atoms with Crippen LogP contribution in [0.2, 0.25) is 0 Å². The molecule has 0 heterocycles. The second-order valence-electron chi connectivity index (χ2n) is 4.01. The Morgan fingerprint density at radius 2 is 1.79 bits per heavy atom. The fraction of sp³-hybridized carbons (Fsp3) is 0.500. The average molecular weight is 194 g/mol. The van der Waals surface area contributed by atoms with E-state index in [9.17, 15) is 5.11 Å². The minimum absolute atomic E-state index is 0.134. The van der Waals surface area contributed by atoms with Crippen LogP contribution in [0.5, 0.6) is 11.5 Å². The molecular weight excluding hydrogens is 176 g/mol. The molecule has 0 fully saturated rings. The molecule has 0 spiro atoms. The molecule has 0 bridgehead atoms. The predicted octanol–water partition coefficient (Wildman–Crippen LogP) is 3.30. The van der Waals surface area contributed by atoms with Gasteiger partial charge in [-0.2, -0.15) is 0 Å².